The smallest absolute Gasteiger partial charge is 0.178 e. The molecule has 0 bridgehead atoms. The molecule has 1 rings (SSSR count). The van der Waals surface area contributed by atoms with Crippen LogP contribution in [0.1, 0.15) is 5.56 Å². The number of aromatic hydroxyl groups is 2. The van der Waals surface area contributed by atoms with Crippen LogP contribution in [-0.2, 0) is 11.1 Å². The van der Waals surface area contributed by atoms with Gasteiger partial charge in [0.1, 0.15) is 0 Å². The fourth-order valence-corrected chi connectivity index (χ4v) is 1.05. The second-order valence-corrected chi connectivity index (χ2v) is 3.15. The first-order valence-electron chi connectivity index (χ1n) is 3.39. The molecule has 0 aliphatic carbocycles. The maximum Gasteiger partial charge on any atom is 0.178 e. The van der Waals surface area contributed by atoms with Gasteiger partial charge in [0.2, 0.25) is 0 Å². The van der Waals surface area contributed by atoms with E-state index in [0.29, 0.717) is 5.56 Å². The van der Waals surface area contributed by atoms with Crippen molar-refractivity contribution in [3.05, 3.63) is 29.2 Å². The van der Waals surface area contributed by atoms with Gasteiger partial charge in [0, 0.05) is 5.41 Å². The van der Waals surface area contributed by atoms with Crippen LogP contribution in [0.3, 0.4) is 0 Å². The number of rotatable bonds is 2. The molecule has 0 radical (unpaired) electrons. The van der Waals surface area contributed by atoms with Crippen molar-refractivity contribution in [2.75, 3.05) is 0 Å². The minimum absolute atomic E-state index is 0.220. The molecule has 1 atom stereocenters. The van der Waals surface area contributed by atoms with E-state index in [1.54, 1.807) is 0 Å². The van der Waals surface area contributed by atoms with Crippen LogP contribution in [0.25, 0.3) is 6.08 Å². The minimum Gasteiger partial charge on any atom is -0.504 e. The Balaban J connectivity index is 2.92. The maximum atomic E-state index is 10.2. The molecule has 70 valence electrons. The largest absolute Gasteiger partial charge is 0.504 e. The zero-order valence-corrected chi connectivity index (χ0v) is 7.36. The molecule has 0 saturated heterocycles. The molecule has 1 aromatic carbocycles. The van der Waals surface area contributed by atoms with Crippen LogP contribution < -0.4 is 0 Å². The van der Waals surface area contributed by atoms with Gasteiger partial charge in [-0.05, 0) is 23.8 Å². The van der Waals surface area contributed by atoms with Gasteiger partial charge in [-0.15, -0.1) is 0 Å². The Morgan fingerprint density at radius 2 is 1.92 bits per heavy atom. The van der Waals surface area contributed by atoms with Crippen LogP contribution >= 0.6 is 0 Å². The summed E-state index contributed by atoms with van der Waals surface area (Å²) in [4.78, 5) is 0. The Bertz CT molecular complexity index is 359. The third-order valence-corrected chi connectivity index (χ3v) is 1.75. The van der Waals surface area contributed by atoms with E-state index < -0.39 is 11.1 Å². The van der Waals surface area contributed by atoms with Gasteiger partial charge in [-0.2, -0.15) is 0 Å². The highest BCUT2D eigenvalue weighted by molar-refractivity contribution is 7.82. The van der Waals surface area contributed by atoms with Crippen molar-refractivity contribution < 1.29 is 19.0 Å². The monoisotopic (exact) mass is 200 g/mol. The zero-order valence-electron chi connectivity index (χ0n) is 6.54. The lowest BCUT2D eigenvalue weighted by Gasteiger charge is -1.97. The SMILES string of the molecule is O=S(O)/C=C/c1ccc(O)c(O)c1. The van der Waals surface area contributed by atoms with Gasteiger partial charge < -0.3 is 14.8 Å². The van der Waals surface area contributed by atoms with Crippen LogP contribution in [0.5, 0.6) is 11.5 Å². The maximum absolute atomic E-state index is 10.2. The summed E-state index contributed by atoms with van der Waals surface area (Å²) in [6.07, 6.45) is 1.37. The second kappa shape index (κ2) is 4.06. The van der Waals surface area contributed by atoms with E-state index in [-0.39, 0.29) is 11.5 Å². The highest BCUT2D eigenvalue weighted by Crippen LogP contribution is 2.25. The molecule has 3 N–H and O–H groups in total. The average Bonchev–Trinajstić information content (AvgIpc) is 2.07. The van der Waals surface area contributed by atoms with Crippen molar-refractivity contribution in [1.82, 2.24) is 0 Å². The van der Waals surface area contributed by atoms with E-state index in [1.165, 1.54) is 24.3 Å². The summed E-state index contributed by atoms with van der Waals surface area (Å²) in [5.74, 6) is -0.479. The number of hydrogen-bond donors (Lipinski definition) is 3. The summed E-state index contributed by atoms with van der Waals surface area (Å²) in [6.45, 7) is 0. The molecule has 1 unspecified atom stereocenters. The predicted molar refractivity (Wildman–Crippen MR) is 49.6 cm³/mol. The Hall–Kier alpha value is -1.33. The number of phenolic OH excluding ortho intramolecular Hbond substituents is 2. The zero-order chi connectivity index (χ0) is 9.84. The minimum atomic E-state index is -2.00. The van der Waals surface area contributed by atoms with Gasteiger partial charge in [-0.1, -0.05) is 6.07 Å². The van der Waals surface area contributed by atoms with E-state index in [0.717, 1.165) is 5.41 Å². The van der Waals surface area contributed by atoms with Gasteiger partial charge >= 0.3 is 0 Å². The second-order valence-electron chi connectivity index (χ2n) is 2.33. The van der Waals surface area contributed by atoms with Crippen molar-refractivity contribution in [2.24, 2.45) is 0 Å². The molecule has 5 heteroatoms. The summed E-state index contributed by atoms with van der Waals surface area (Å²) in [7, 11) is 0. The van der Waals surface area contributed by atoms with Gasteiger partial charge in [0.25, 0.3) is 0 Å². The fourth-order valence-electron chi connectivity index (χ4n) is 0.781. The first kappa shape index (κ1) is 9.76. The van der Waals surface area contributed by atoms with E-state index in [1.807, 2.05) is 0 Å². The molecule has 4 nitrogen and oxygen atoms in total. The van der Waals surface area contributed by atoms with Crippen molar-refractivity contribution >= 4 is 17.2 Å². The fraction of sp³-hybridized carbons (Fsp3) is 0. The van der Waals surface area contributed by atoms with Crippen LogP contribution in [0, 0.1) is 0 Å². The molecule has 0 heterocycles. The van der Waals surface area contributed by atoms with Crippen LogP contribution in [0.15, 0.2) is 23.6 Å². The Labute approximate surface area is 77.4 Å². The van der Waals surface area contributed by atoms with Crippen LogP contribution in [0.4, 0.5) is 0 Å². The molecular weight excluding hydrogens is 192 g/mol. The highest BCUT2D eigenvalue weighted by Gasteiger charge is 1.97. The molecule has 0 aromatic heterocycles. The molecule has 0 fully saturated rings. The first-order chi connectivity index (χ1) is 6.09. The van der Waals surface area contributed by atoms with E-state index in [9.17, 15) is 4.21 Å². The van der Waals surface area contributed by atoms with E-state index >= 15 is 0 Å². The third kappa shape index (κ3) is 2.89. The van der Waals surface area contributed by atoms with Crippen LogP contribution in [-0.4, -0.2) is 19.0 Å². The van der Waals surface area contributed by atoms with Gasteiger partial charge in [-0.25, -0.2) is 4.21 Å². The lowest BCUT2D eigenvalue weighted by molar-refractivity contribution is 0.403. The Kier molecular flexibility index (Phi) is 3.05. The highest BCUT2D eigenvalue weighted by atomic mass is 32.2. The molecule has 0 amide bonds. The topological polar surface area (TPSA) is 77.8 Å². The van der Waals surface area contributed by atoms with Gasteiger partial charge in [0.05, 0.1) is 0 Å². The van der Waals surface area contributed by atoms with Gasteiger partial charge in [-0.3, -0.25) is 0 Å². The van der Waals surface area contributed by atoms with Crippen molar-refractivity contribution in [1.29, 1.82) is 0 Å². The normalized spacial score (nSPS) is 13.3. The van der Waals surface area contributed by atoms with E-state index in [4.69, 9.17) is 14.8 Å². The molecular formula is C8H8O4S. The summed E-state index contributed by atoms with van der Waals surface area (Å²) in [6, 6.07) is 4.10. The summed E-state index contributed by atoms with van der Waals surface area (Å²) in [5, 5.41) is 19.0. The predicted octanol–water partition coefficient (Wildman–Crippen LogP) is 1.29. The van der Waals surface area contributed by atoms with Gasteiger partial charge in [0.15, 0.2) is 22.6 Å². The quantitative estimate of drug-likeness (QED) is 0.496. The molecule has 0 spiro atoms. The van der Waals surface area contributed by atoms with E-state index in [2.05, 4.69) is 0 Å². The standard InChI is InChI=1S/C8H8O4S/c9-7-2-1-6(5-8(7)10)3-4-13(11)12/h1-5,9-10H,(H,11,12)/b4-3+. The number of phenols is 2. The third-order valence-electron chi connectivity index (χ3n) is 1.38. The molecule has 0 saturated carbocycles. The lowest BCUT2D eigenvalue weighted by Crippen LogP contribution is -1.77. The Morgan fingerprint density at radius 1 is 1.23 bits per heavy atom. The summed E-state index contributed by atoms with van der Waals surface area (Å²) < 4.78 is 18.6. The van der Waals surface area contributed by atoms with Crippen molar-refractivity contribution in [2.45, 2.75) is 0 Å². The summed E-state index contributed by atoms with van der Waals surface area (Å²) in [5.41, 5.74) is 0.540. The number of benzene rings is 1. The number of hydrogen-bond acceptors (Lipinski definition) is 3. The van der Waals surface area contributed by atoms with Crippen molar-refractivity contribution in [3.63, 3.8) is 0 Å². The first-order valence-corrected chi connectivity index (χ1v) is 4.56. The molecule has 13 heavy (non-hydrogen) atoms. The average molecular weight is 200 g/mol. The molecule has 1 aromatic rings. The van der Waals surface area contributed by atoms with Crippen molar-refractivity contribution in [3.8, 4) is 11.5 Å². The molecule has 0 aliphatic rings. The van der Waals surface area contributed by atoms with Crippen LogP contribution in [0.2, 0.25) is 0 Å². The lowest BCUT2D eigenvalue weighted by atomic mass is 10.2. The molecule has 0 aliphatic heterocycles. The summed E-state index contributed by atoms with van der Waals surface area (Å²) >= 11 is -2.00. The Morgan fingerprint density at radius 3 is 2.46 bits per heavy atom.